The van der Waals surface area contributed by atoms with E-state index in [1.54, 1.807) is 0 Å². The predicted octanol–water partition coefficient (Wildman–Crippen LogP) is 0.377. The molecule has 0 bridgehead atoms. The Bertz CT molecular complexity index is 337. The van der Waals surface area contributed by atoms with Crippen LogP contribution in [0.15, 0.2) is 0 Å². The molecule has 1 atom stereocenters. The number of urea groups is 1. The number of rotatable bonds is 5. The number of hydrogen-bond acceptors (Lipinski definition) is 5. The number of amides is 3. The maximum Gasteiger partial charge on any atom is 0.321 e. The van der Waals surface area contributed by atoms with E-state index in [4.69, 9.17) is 5.73 Å². The van der Waals surface area contributed by atoms with Crippen molar-refractivity contribution in [2.24, 2.45) is 5.73 Å². The zero-order valence-electron chi connectivity index (χ0n) is 12.6. The van der Waals surface area contributed by atoms with E-state index in [-0.39, 0.29) is 16.7 Å². The molecule has 1 heterocycles. The van der Waals surface area contributed by atoms with E-state index >= 15 is 0 Å². The highest BCUT2D eigenvalue weighted by molar-refractivity contribution is 8.00. The van der Waals surface area contributed by atoms with Crippen molar-refractivity contribution < 1.29 is 9.59 Å². The molecule has 116 valence electrons. The first-order valence-corrected chi connectivity index (χ1v) is 8.28. The van der Waals surface area contributed by atoms with Crippen molar-refractivity contribution in [2.75, 3.05) is 32.4 Å². The van der Waals surface area contributed by atoms with Gasteiger partial charge < -0.3 is 11.1 Å². The summed E-state index contributed by atoms with van der Waals surface area (Å²) in [4.78, 5) is 25.4. The fraction of sp³-hybridized carbons (Fsp3) is 0.846. The van der Waals surface area contributed by atoms with E-state index < -0.39 is 6.03 Å². The molecular formula is C13H26N4O2S. The Hall–Kier alpha value is -0.790. The summed E-state index contributed by atoms with van der Waals surface area (Å²) in [6.07, 6.45) is 4.04. The maximum absolute atomic E-state index is 12.0. The highest BCUT2D eigenvalue weighted by Crippen LogP contribution is 2.33. The first-order valence-electron chi connectivity index (χ1n) is 7.06. The van der Waals surface area contributed by atoms with E-state index in [0.717, 1.165) is 25.9 Å². The number of nitrogens with two attached hydrogens (primary N) is 1. The minimum atomic E-state index is -0.429. The highest BCUT2D eigenvalue weighted by Gasteiger charge is 2.35. The van der Waals surface area contributed by atoms with Gasteiger partial charge in [-0.2, -0.15) is 11.8 Å². The molecule has 1 saturated heterocycles. The first-order chi connectivity index (χ1) is 9.48. The Labute approximate surface area is 125 Å². The molecule has 1 aliphatic heterocycles. The Morgan fingerprint density at radius 2 is 2.00 bits per heavy atom. The zero-order chi connectivity index (χ0) is 15.2. The number of nitrogens with one attached hydrogen (secondary N) is 2. The molecule has 6 nitrogen and oxygen atoms in total. The smallest absolute Gasteiger partial charge is 0.321 e. The number of nitrogens with zero attached hydrogens (tertiary/aromatic N) is 1. The number of carbonyl (C=O) groups is 2. The fourth-order valence-electron chi connectivity index (χ4n) is 2.40. The van der Waals surface area contributed by atoms with Gasteiger partial charge in [-0.15, -0.1) is 0 Å². The van der Waals surface area contributed by atoms with Crippen molar-refractivity contribution in [3.63, 3.8) is 0 Å². The molecule has 3 amide bonds. The summed E-state index contributed by atoms with van der Waals surface area (Å²) >= 11 is 1.82. The Balaban J connectivity index is 2.48. The number of likely N-dealkylation sites (tertiary alicyclic amines) is 1. The van der Waals surface area contributed by atoms with Gasteiger partial charge >= 0.3 is 6.03 Å². The van der Waals surface area contributed by atoms with Crippen molar-refractivity contribution in [2.45, 2.75) is 37.5 Å². The maximum atomic E-state index is 12.0. The fourth-order valence-corrected chi connectivity index (χ4v) is 3.15. The van der Waals surface area contributed by atoms with Gasteiger partial charge in [0, 0.05) is 30.9 Å². The van der Waals surface area contributed by atoms with E-state index in [1.165, 1.54) is 0 Å². The Kier molecular flexibility index (Phi) is 6.78. The van der Waals surface area contributed by atoms with Crippen LogP contribution >= 0.6 is 11.8 Å². The molecule has 1 aliphatic rings. The largest absolute Gasteiger partial charge is 0.338 e. The van der Waals surface area contributed by atoms with E-state index in [2.05, 4.69) is 21.8 Å². The number of piperidine rings is 1. The second-order valence-electron chi connectivity index (χ2n) is 5.15. The van der Waals surface area contributed by atoms with Crippen molar-refractivity contribution in [1.82, 2.24) is 15.5 Å². The molecule has 4 N–H and O–H groups in total. The molecule has 1 fully saturated rings. The van der Waals surface area contributed by atoms with Crippen molar-refractivity contribution >= 4 is 23.7 Å². The average molecular weight is 302 g/mol. The molecule has 0 aliphatic carbocycles. The zero-order valence-corrected chi connectivity index (χ0v) is 13.4. The van der Waals surface area contributed by atoms with Crippen LogP contribution in [0.25, 0.3) is 0 Å². The minimum Gasteiger partial charge on any atom is -0.338 e. The summed E-state index contributed by atoms with van der Waals surface area (Å²) in [6.45, 7) is 6.49. The van der Waals surface area contributed by atoms with Crippen molar-refractivity contribution in [3.8, 4) is 0 Å². The molecule has 1 unspecified atom stereocenters. The third-order valence-corrected chi connectivity index (χ3v) is 5.46. The number of hydrogen-bond donors (Lipinski definition) is 3. The van der Waals surface area contributed by atoms with Crippen LogP contribution in [0.2, 0.25) is 0 Å². The third kappa shape index (κ3) is 4.36. The monoisotopic (exact) mass is 302 g/mol. The number of imide groups is 1. The van der Waals surface area contributed by atoms with Gasteiger partial charge in [0.2, 0.25) is 5.91 Å². The van der Waals surface area contributed by atoms with Crippen LogP contribution < -0.4 is 16.4 Å². The van der Waals surface area contributed by atoms with Gasteiger partial charge in [0.05, 0.1) is 6.04 Å². The minimum absolute atomic E-state index is 0.145. The van der Waals surface area contributed by atoms with Crippen LogP contribution in [0.5, 0.6) is 0 Å². The van der Waals surface area contributed by atoms with Crippen LogP contribution in [-0.4, -0.2) is 60.1 Å². The van der Waals surface area contributed by atoms with E-state index in [9.17, 15) is 9.59 Å². The molecule has 20 heavy (non-hydrogen) atoms. The highest BCUT2D eigenvalue weighted by atomic mass is 32.2. The SMILES string of the molecule is CCNC(=O)NC(=O)C(C)N1CCC(CN)(SC)CC1. The van der Waals surface area contributed by atoms with Crippen LogP contribution in [-0.2, 0) is 4.79 Å². The molecule has 1 rings (SSSR count). The summed E-state index contributed by atoms with van der Waals surface area (Å²) in [5.74, 6) is -0.250. The number of carbonyl (C=O) groups excluding carboxylic acids is 2. The second-order valence-corrected chi connectivity index (χ2v) is 6.43. The van der Waals surface area contributed by atoms with Gasteiger partial charge in [-0.3, -0.25) is 15.0 Å². The molecule has 0 aromatic heterocycles. The molecule has 0 aromatic carbocycles. The van der Waals surface area contributed by atoms with Gasteiger partial charge in [-0.1, -0.05) is 0 Å². The van der Waals surface area contributed by atoms with Crippen LogP contribution in [0.4, 0.5) is 4.79 Å². The Morgan fingerprint density at radius 3 is 2.45 bits per heavy atom. The van der Waals surface area contributed by atoms with Gasteiger partial charge in [0.15, 0.2) is 0 Å². The summed E-state index contributed by atoms with van der Waals surface area (Å²) in [5.41, 5.74) is 5.86. The van der Waals surface area contributed by atoms with Crippen molar-refractivity contribution in [3.05, 3.63) is 0 Å². The lowest BCUT2D eigenvalue weighted by atomic mass is 9.95. The normalized spacial score (nSPS) is 20.2. The summed E-state index contributed by atoms with van der Waals surface area (Å²) in [6, 6.07) is -0.725. The Morgan fingerprint density at radius 1 is 1.40 bits per heavy atom. The quantitative estimate of drug-likeness (QED) is 0.683. The predicted molar refractivity (Wildman–Crippen MR) is 82.8 cm³/mol. The molecule has 0 aromatic rings. The van der Waals surface area contributed by atoms with Crippen LogP contribution in [0.3, 0.4) is 0 Å². The molecular weight excluding hydrogens is 276 g/mol. The topological polar surface area (TPSA) is 87.5 Å². The summed E-state index contributed by atoms with van der Waals surface area (Å²) < 4.78 is 0.145. The van der Waals surface area contributed by atoms with Gasteiger partial charge in [0.25, 0.3) is 0 Å². The third-order valence-electron chi connectivity index (χ3n) is 4.02. The first kappa shape index (κ1) is 17.3. The van der Waals surface area contributed by atoms with Gasteiger partial charge in [-0.25, -0.2) is 4.79 Å². The lowest BCUT2D eigenvalue weighted by molar-refractivity contribution is -0.125. The van der Waals surface area contributed by atoms with Crippen LogP contribution in [0, 0.1) is 0 Å². The standard InChI is InChI=1S/C13H26N4O2S/c1-4-15-12(19)16-11(18)10(2)17-7-5-13(9-14,20-3)6-8-17/h10H,4-9,14H2,1-3H3,(H2,15,16,18,19). The molecule has 7 heteroatoms. The summed E-state index contributed by atoms with van der Waals surface area (Å²) in [7, 11) is 0. The van der Waals surface area contributed by atoms with E-state index in [1.807, 2.05) is 25.6 Å². The van der Waals surface area contributed by atoms with Gasteiger partial charge in [0.1, 0.15) is 0 Å². The summed E-state index contributed by atoms with van der Waals surface area (Å²) in [5, 5.41) is 4.92. The lowest BCUT2D eigenvalue weighted by Gasteiger charge is -2.41. The molecule has 0 spiro atoms. The molecule has 0 radical (unpaired) electrons. The molecule has 0 saturated carbocycles. The average Bonchev–Trinajstić information content (AvgIpc) is 2.46. The number of thioether (sulfide) groups is 1. The van der Waals surface area contributed by atoms with E-state index in [0.29, 0.717) is 13.1 Å². The van der Waals surface area contributed by atoms with Gasteiger partial charge in [-0.05, 0) is 32.9 Å². The van der Waals surface area contributed by atoms with Crippen LogP contribution in [0.1, 0.15) is 26.7 Å². The second kappa shape index (κ2) is 7.85. The van der Waals surface area contributed by atoms with Crippen molar-refractivity contribution in [1.29, 1.82) is 0 Å². The lowest BCUT2D eigenvalue weighted by Crippen LogP contribution is -2.54.